The predicted molar refractivity (Wildman–Crippen MR) is 69.9 cm³/mol. The van der Waals surface area contributed by atoms with Crippen LogP contribution < -0.4 is 11.1 Å². The van der Waals surface area contributed by atoms with Crippen molar-refractivity contribution in [2.24, 2.45) is 11.7 Å². The summed E-state index contributed by atoms with van der Waals surface area (Å²) in [6, 6.07) is 0.0360. The Balaban J connectivity index is 1.83. The molecule has 0 radical (unpaired) electrons. The fourth-order valence-electron chi connectivity index (χ4n) is 3.12. The molecule has 2 unspecified atom stereocenters. The molecule has 0 aromatic rings. The van der Waals surface area contributed by atoms with Gasteiger partial charge in [0.1, 0.15) is 0 Å². The Morgan fingerprint density at radius 2 is 1.68 bits per heavy atom. The number of nitrogens with two attached hydrogens (primary N) is 1. The molecule has 0 heterocycles. The van der Waals surface area contributed by atoms with Crippen molar-refractivity contribution in [1.82, 2.24) is 5.32 Å². The molecular weight excluding hydrogens is 250 g/mol. The van der Waals surface area contributed by atoms with Crippen LogP contribution in [-0.4, -0.2) is 23.9 Å². The molecule has 0 aromatic carbocycles. The van der Waals surface area contributed by atoms with E-state index in [2.05, 4.69) is 5.32 Å². The maximum atomic E-state index is 13.1. The summed E-state index contributed by atoms with van der Waals surface area (Å²) in [5, 5.41) is 3.00. The Kier molecular flexibility index (Phi) is 4.76. The maximum Gasteiger partial charge on any atom is 0.248 e. The Hall–Kier alpha value is -0.710. The standard InChI is InChI=1S/C14H24F2N2O/c15-14(16)8-6-10(7-9-14)13(19)18-12-5-3-1-2-4-11(12)17/h10-12H,1-9,17H2,(H,18,19). The lowest BCUT2D eigenvalue weighted by Gasteiger charge is -2.30. The van der Waals surface area contributed by atoms with E-state index in [1.165, 1.54) is 0 Å². The third kappa shape index (κ3) is 4.13. The van der Waals surface area contributed by atoms with Gasteiger partial charge in [0.25, 0.3) is 0 Å². The van der Waals surface area contributed by atoms with E-state index in [1.807, 2.05) is 0 Å². The van der Waals surface area contributed by atoms with Crippen LogP contribution in [0.2, 0.25) is 0 Å². The average Bonchev–Trinajstić information content (AvgIpc) is 2.55. The maximum absolute atomic E-state index is 13.1. The fraction of sp³-hybridized carbons (Fsp3) is 0.929. The van der Waals surface area contributed by atoms with Crippen molar-refractivity contribution in [1.29, 1.82) is 0 Å². The molecule has 19 heavy (non-hydrogen) atoms. The molecule has 3 nitrogen and oxygen atoms in total. The smallest absolute Gasteiger partial charge is 0.248 e. The number of amides is 1. The van der Waals surface area contributed by atoms with E-state index >= 15 is 0 Å². The highest BCUT2D eigenvalue weighted by molar-refractivity contribution is 5.79. The Bertz CT molecular complexity index is 313. The predicted octanol–water partition coefficient (Wildman–Crippen LogP) is 2.59. The van der Waals surface area contributed by atoms with E-state index in [0.29, 0.717) is 12.8 Å². The van der Waals surface area contributed by atoms with Crippen molar-refractivity contribution < 1.29 is 13.6 Å². The van der Waals surface area contributed by atoms with Crippen LogP contribution in [-0.2, 0) is 4.79 Å². The summed E-state index contributed by atoms with van der Waals surface area (Å²) >= 11 is 0. The Morgan fingerprint density at radius 1 is 1.05 bits per heavy atom. The third-order valence-corrected chi connectivity index (χ3v) is 4.48. The number of carbonyl (C=O) groups is 1. The molecule has 2 aliphatic rings. The van der Waals surface area contributed by atoms with Crippen LogP contribution in [0.15, 0.2) is 0 Å². The van der Waals surface area contributed by atoms with Gasteiger partial charge in [-0.15, -0.1) is 0 Å². The summed E-state index contributed by atoms with van der Waals surface area (Å²) in [5.41, 5.74) is 6.07. The monoisotopic (exact) mass is 274 g/mol. The largest absolute Gasteiger partial charge is 0.352 e. The number of nitrogens with one attached hydrogen (secondary N) is 1. The summed E-state index contributed by atoms with van der Waals surface area (Å²) in [4.78, 5) is 12.1. The van der Waals surface area contributed by atoms with Gasteiger partial charge in [-0.2, -0.15) is 0 Å². The first-order chi connectivity index (χ1) is 8.98. The lowest BCUT2D eigenvalue weighted by molar-refractivity contribution is -0.130. The van der Waals surface area contributed by atoms with Crippen molar-refractivity contribution >= 4 is 5.91 Å². The molecule has 110 valence electrons. The number of alkyl halides is 2. The van der Waals surface area contributed by atoms with Gasteiger partial charge < -0.3 is 11.1 Å². The fourth-order valence-corrected chi connectivity index (χ4v) is 3.12. The van der Waals surface area contributed by atoms with E-state index < -0.39 is 5.92 Å². The van der Waals surface area contributed by atoms with Crippen LogP contribution in [0, 0.1) is 5.92 Å². The van der Waals surface area contributed by atoms with E-state index in [1.54, 1.807) is 0 Å². The minimum Gasteiger partial charge on any atom is -0.352 e. The number of hydrogen-bond donors (Lipinski definition) is 2. The van der Waals surface area contributed by atoms with E-state index in [0.717, 1.165) is 32.1 Å². The van der Waals surface area contributed by atoms with Gasteiger partial charge in [-0.25, -0.2) is 8.78 Å². The Morgan fingerprint density at radius 3 is 2.37 bits per heavy atom. The molecule has 2 atom stereocenters. The molecule has 1 amide bonds. The highest BCUT2D eigenvalue weighted by atomic mass is 19.3. The lowest BCUT2D eigenvalue weighted by Crippen LogP contribution is -2.49. The highest BCUT2D eigenvalue weighted by Gasteiger charge is 2.38. The normalized spacial score (nSPS) is 32.6. The van der Waals surface area contributed by atoms with Crippen molar-refractivity contribution in [3.8, 4) is 0 Å². The lowest BCUT2D eigenvalue weighted by atomic mass is 9.86. The van der Waals surface area contributed by atoms with Gasteiger partial charge >= 0.3 is 0 Å². The molecule has 0 saturated heterocycles. The Labute approximate surface area is 113 Å². The first kappa shape index (κ1) is 14.7. The van der Waals surface area contributed by atoms with Gasteiger partial charge in [0.2, 0.25) is 11.8 Å². The second-order valence-electron chi connectivity index (χ2n) is 6.05. The molecule has 0 bridgehead atoms. The molecule has 0 spiro atoms. The minimum absolute atomic E-state index is 0.0106. The quantitative estimate of drug-likeness (QED) is 0.760. The summed E-state index contributed by atoms with van der Waals surface area (Å²) < 4.78 is 26.1. The first-order valence-electron chi connectivity index (χ1n) is 7.42. The molecule has 0 aliphatic heterocycles. The van der Waals surface area contributed by atoms with Crippen molar-refractivity contribution in [3.05, 3.63) is 0 Å². The van der Waals surface area contributed by atoms with Crippen LogP contribution >= 0.6 is 0 Å². The third-order valence-electron chi connectivity index (χ3n) is 4.48. The summed E-state index contributed by atoms with van der Waals surface area (Å²) in [6.07, 6.45) is 5.47. The molecule has 2 saturated carbocycles. The minimum atomic E-state index is -2.57. The molecule has 2 fully saturated rings. The number of carbonyl (C=O) groups excluding carboxylic acids is 1. The average molecular weight is 274 g/mol. The highest BCUT2D eigenvalue weighted by Crippen LogP contribution is 2.36. The van der Waals surface area contributed by atoms with Crippen molar-refractivity contribution in [3.63, 3.8) is 0 Å². The van der Waals surface area contributed by atoms with Crippen LogP contribution in [0.4, 0.5) is 8.78 Å². The molecule has 0 aromatic heterocycles. The number of halogens is 2. The SMILES string of the molecule is NC1CCCCCC1NC(=O)C1CCC(F)(F)CC1. The zero-order valence-electron chi connectivity index (χ0n) is 11.3. The second kappa shape index (κ2) is 6.16. The molecule has 2 aliphatic carbocycles. The van der Waals surface area contributed by atoms with Gasteiger partial charge in [-0.3, -0.25) is 4.79 Å². The molecule has 2 rings (SSSR count). The van der Waals surface area contributed by atoms with Crippen LogP contribution in [0.1, 0.15) is 57.8 Å². The zero-order chi connectivity index (χ0) is 13.9. The number of rotatable bonds is 2. The summed E-state index contributed by atoms with van der Waals surface area (Å²) in [5.74, 6) is -2.90. The van der Waals surface area contributed by atoms with E-state index in [9.17, 15) is 13.6 Å². The summed E-state index contributed by atoms with van der Waals surface area (Å²) in [6.45, 7) is 0. The molecule has 5 heteroatoms. The second-order valence-corrected chi connectivity index (χ2v) is 6.05. The van der Waals surface area contributed by atoms with Gasteiger partial charge in [0, 0.05) is 30.8 Å². The van der Waals surface area contributed by atoms with Crippen LogP contribution in [0.3, 0.4) is 0 Å². The first-order valence-corrected chi connectivity index (χ1v) is 7.42. The van der Waals surface area contributed by atoms with Gasteiger partial charge in [-0.1, -0.05) is 19.3 Å². The summed E-state index contributed by atoms with van der Waals surface area (Å²) in [7, 11) is 0. The van der Waals surface area contributed by atoms with Gasteiger partial charge in [0.15, 0.2) is 0 Å². The molecule has 3 N–H and O–H groups in total. The topological polar surface area (TPSA) is 55.1 Å². The zero-order valence-corrected chi connectivity index (χ0v) is 11.3. The van der Waals surface area contributed by atoms with Crippen LogP contribution in [0.25, 0.3) is 0 Å². The van der Waals surface area contributed by atoms with Crippen LogP contribution in [0.5, 0.6) is 0 Å². The van der Waals surface area contributed by atoms with E-state index in [-0.39, 0.29) is 36.8 Å². The molecular formula is C14H24F2N2O. The van der Waals surface area contributed by atoms with Gasteiger partial charge in [-0.05, 0) is 25.7 Å². The van der Waals surface area contributed by atoms with Crippen molar-refractivity contribution in [2.45, 2.75) is 75.8 Å². The number of hydrogen-bond acceptors (Lipinski definition) is 2. The van der Waals surface area contributed by atoms with E-state index in [4.69, 9.17) is 5.73 Å². The van der Waals surface area contributed by atoms with Crippen molar-refractivity contribution in [2.75, 3.05) is 0 Å². The van der Waals surface area contributed by atoms with Gasteiger partial charge in [0.05, 0.1) is 0 Å².